The van der Waals surface area contributed by atoms with Gasteiger partial charge in [-0.3, -0.25) is 4.79 Å². The van der Waals surface area contributed by atoms with Gasteiger partial charge in [0.15, 0.2) is 0 Å². The molecule has 0 bridgehead atoms. The van der Waals surface area contributed by atoms with Crippen molar-refractivity contribution in [1.82, 2.24) is 5.32 Å². The van der Waals surface area contributed by atoms with Gasteiger partial charge in [0.1, 0.15) is 5.75 Å². The first-order chi connectivity index (χ1) is 14.2. The van der Waals surface area contributed by atoms with Crippen molar-refractivity contribution in [2.24, 2.45) is 11.7 Å². The van der Waals surface area contributed by atoms with E-state index in [0.29, 0.717) is 18.5 Å². The van der Waals surface area contributed by atoms with Crippen molar-refractivity contribution in [2.45, 2.75) is 25.7 Å². The molecule has 3 N–H and O–H groups in total. The summed E-state index contributed by atoms with van der Waals surface area (Å²) >= 11 is 0. The number of benzene rings is 3. The summed E-state index contributed by atoms with van der Waals surface area (Å²) in [5.41, 5.74) is 7.38. The molecule has 0 radical (unpaired) electrons. The van der Waals surface area contributed by atoms with Crippen LogP contribution >= 0.6 is 0 Å². The number of nitrogens with one attached hydrogen (secondary N) is 1. The van der Waals surface area contributed by atoms with Crippen LogP contribution < -0.4 is 15.8 Å². The Morgan fingerprint density at radius 2 is 1.70 bits per heavy atom. The van der Waals surface area contributed by atoms with Crippen LogP contribution in [0.5, 0.6) is 5.75 Å². The van der Waals surface area contributed by atoms with E-state index in [1.165, 1.54) is 24.3 Å². The normalized spacial score (nSPS) is 13.7. The van der Waals surface area contributed by atoms with E-state index in [9.17, 15) is 18.0 Å². The number of hydrogen-bond acceptors (Lipinski definition) is 3. The van der Waals surface area contributed by atoms with Crippen LogP contribution in [0.25, 0.3) is 10.8 Å². The smallest absolute Gasteiger partial charge is 0.406 e. The van der Waals surface area contributed by atoms with E-state index in [-0.39, 0.29) is 11.8 Å². The molecule has 0 spiro atoms. The van der Waals surface area contributed by atoms with E-state index < -0.39 is 18.2 Å². The highest BCUT2D eigenvalue weighted by atomic mass is 19.4. The Kier molecular flexibility index (Phi) is 6.62. The van der Waals surface area contributed by atoms with Crippen molar-refractivity contribution in [3.05, 3.63) is 77.9 Å². The Bertz CT molecular complexity index is 998. The van der Waals surface area contributed by atoms with Gasteiger partial charge in [0.05, 0.1) is 5.92 Å². The summed E-state index contributed by atoms with van der Waals surface area (Å²) in [5, 5.41) is 5.63. The number of rotatable bonds is 8. The number of carbonyl (C=O) groups excluding carboxylic acids is 1. The van der Waals surface area contributed by atoms with Gasteiger partial charge < -0.3 is 15.8 Å². The van der Waals surface area contributed by atoms with Crippen LogP contribution in [0.15, 0.2) is 66.7 Å². The lowest BCUT2D eigenvalue weighted by atomic mass is 9.96. The Balaban J connectivity index is 1.65. The zero-order valence-corrected chi connectivity index (χ0v) is 16.4. The maximum absolute atomic E-state index is 12.3. The highest BCUT2D eigenvalue weighted by Crippen LogP contribution is 2.25. The number of primary amides is 1. The van der Waals surface area contributed by atoms with Gasteiger partial charge in [-0.1, -0.05) is 54.6 Å². The van der Waals surface area contributed by atoms with E-state index in [1.54, 1.807) is 0 Å². The quantitative estimate of drug-likeness (QED) is 0.558. The molecule has 0 aliphatic heterocycles. The summed E-state index contributed by atoms with van der Waals surface area (Å²) in [5.74, 6) is -1.27. The summed E-state index contributed by atoms with van der Waals surface area (Å²) in [4.78, 5) is 11.9. The lowest BCUT2D eigenvalue weighted by Gasteiger charge is -2.20. The highest BCUT2D eigenvalue weighted by molar-refractivity contribution is 5.86. The topological polar surface area (TPSA) is 64.3 Å². The summed E-state index contributed by atoms with van der Waals surface area (Å²) in [7, 11) is 0. The van der Waals surface area contributed by atoms with Crippen LogP contribution in [0.2, 0.25) is 0 Å². The molecule has 158 valence electrons. The molecule has 2 atom stereocenters. The number of fused-ring (bicyclic) bond motifs is 1. The van der Waals surface area contributed by atoms with Crippen LogP contribution in [0.1, 0.15) is 24.1 Å². The molecule has 2 unspecified atom stereocenters. The molecule has 1 amide bonds. The SMILES string of the molecule is CC(NCC(Cc1ccc(OC(F)(F)F)cc1)C(N)=O)c1cccc2ccccc12. The maximum atomic E-state index is 12.3. The van der Waals surface area contributed by atoms with Crippen molar-refractivity contribution >= 4 is 16.7 Å². The van der Waals surface area contributed by atoms with Gasteiger partial charge in [0, 0.05) is 12.6 Å². The summed E-state index contributed by atoms with van der Waals surface area (Å²) in [6.45, 7) is 2.36. The molecule has 4 nitrogen and oxygen atoms in total. The molecule has 3 rings (SSSR count). The molecule has 0 fully saturated rings. The van der Waals surface area contributed by atoms with Gasteiger partial charge in [-0.25, -0.2) is 0 Å². The average molecular weight is 416 g/mol. The van der Waals surface area contributed by atoms with Crippen molar-refractivity contribution < 1.29 is 22.7 Å². The number of ether oxygens (including phenoxy) is 1. The average Bonchev–Trinajstić information content (AvgIpc) is 2.70. The van der Waals surface area contributed by atoms with Crippen molar-refractivity contribution in [3.8, 4) is 5.75 Å². The molecule has 7 heteroatoms. The Morgan fingerprint density at radius 1 is 1.03 bits per heavy atom. The van der Waals surface area contributed by atoms with E-state index >= 15 is 0 Å². The largest absolute Gasteiger partial charge is 0.573 e. The Hall–Kier alpha value is -3.06. The van der Waals surface area contributed by atoms with E-state index in [4.69, 9.17) is 5.73 Å². The molecular weight excluding hydrogens is 393 g/mol. The molecule has 0 aliphatic carbocycles. The summed E-state index contributed by atoms with van der Waals surface area (Å²) < 4.78 is 40.7. The molecule has 3 aromatic rings. The fourth-order valence-corrected chi connectivity index (χ4v) is 3.44. The minimum Gasteiger partial charge on any atom is -0.406 e. The van der Waals surface area contributed by atoms with Gasteiger partial charge in [-0.15, -0.1) is 13.2 Å². The van der Waals surface area contributed by atoms with Crippen LogP contribution in [0.3, 0.4) is 0 Å². The maximum Gasteiger partial charge on any atom is 0.573 e. The Morgan fingerprint density at radius 3 is 2.37 bits per heavy atom. The van der Waals surface area contributed by atoms with Gasteiger partial charge in [0.25, 0.3) is 0 Å². The first-order valence-electron chi connectivity index (χ1n) is 9.58. The molecule has 0 aliphatic rings. The molecular formula is C23H23F3N2O2. The van der Waals surface area contributed by atoms with Crippen molar-refractivity contribution in [1.29, 1.82) is 0 Å². The second-order valence-corrected chi connectivity index (χ2v) is 7.19. The monoisotopic (exact) mass is 416 g/mol. The van der Waals surface area contributed by atoms with Gasteiger partial charge >= 0.3 is 6.36 Å². The lowest BCUT2D eigenvalue weighted by Crippen LogP contribution is -2.35. The number of amides is 1. The number of hydrogen-bond donors (Lipinski definition) is 2. The van der Waals surface area contributed by atoms with Crippen molar-refractivity contribution in [2.75, 3.05) is 6.54 Å². The third-order valence-corrected chi connectivity index (χ3v) is 5.00. The second kappa shape index (κ2) is 9.17. The first-order valence-corrected chi connectivity index (χ1v) is 9.58. The van der Waals surface area contributed by atoms with Crippen molar-refractivity contribution in [3.63, 3.8) is 0 Å². The highest BCUT2D eigenvalue weighted by Gasteiger charge is 2.31. The third-order valence-electron chi connectivity index (χ3n) is 5.00. The minimum atomic E-state index is -4.74. The fourth-order valence-electron chi connectivity index (χ4n) is 3.44. The first kappa shape index (κ1) is 21.6. The van der Waals surface area contributed by atoms with Gasteiger partial charge in [-0.05, 0) is 47.4 Å². The molecule has 0 saturated heterocycles. The second-order valence-electron chi connectivity index (χ2n) is 7.19. The van der Waals surface area contributed by atoms with Gasteiger partial charge in [-0.2, -0.15) is 0 Å². The molecule has 30 heavy (non-hydrogen) atoms. The fraction of sp³-hybridized carbons (Fsp3) is 0.261. The number of alkyl halides is 3. The molecule has 3 aromatic carbocycles. The number of nitrogens with two attached hydrogens (primary N) is 1. The standard InChI is InChI=1S/C23H23F3N2O2/c1-15(20-8-4-6-17-5-2-3-7-21(17)20)28-14-18(22(27)29)13-16-9-11-19(12-10-16)30-23(24,25)26/h2-12,15,18,28H,13-14H2,1H3,(H2,27,29). The van der Waals surface area contributed by atoms with Crippen LogP contribution in [0.4, 0.5) is 13.2 Å². The Labute approximate surface area is 172 Å². The summed E-state index contributed by atoms with van der Waals surface area (Å²) in [6.07, 6.45) is -4.42. The molecule has 0 saturated carbocycles. The summed E-state index contributed by atoms with van der Waals surface area (Å²) in [6, 6.07) is 19.6. The molecule has 0 heterocycles. The van der Waals surface area contributed by atoms with Crippen LogP contribution in [0, 0.1) is 5.92 Å². The number of carbonyl (C=O) groups is 1. The molecule has 0 aromatic heterocycles. The number of halogens is 3. The zero-order chi connectivity index (χ0) is 21.7. The van der Waals surface area contributed by atoms with Gasteiger partial charge in [0.2, 0.25) is 5.91 Å². The third kappa shape index (κ3) is 5.73. The minimum absolute atomic E-state index is 0.0134. The van der Waals surface area contributed by atoms with E-state index in [1.807, 2.05) is 43.3 Å². The van der Waals surface area contributed by atoms with E-state index in [0.717, 1.165) is 16.3 Å². The van der Waals surface area contributed by atoms with Crippen LogP contribution in [-0.2, 0) is 11.2 Å². The van der Waals surface area contributed by atoms with E-state index in [2.05, 4.69) is 16.1 Å². The van der Waals surface area contributed by atoms with Crippen LogP contribution in [-0.4, -0.2) is 18.8 Å². The predicted octanol–water partition coefficient (Wildman–Crippen LogP) is 4.73. The zero-order valence-electron chi connectivity index (χ0n) is 16.4. The predicted molar refractivity (Wildman–Crippen MR) is 110 cm³/mol. The lowest BCUT2D eigenvalue weighted by molar-refractivity contribution is -0.274.